The predicted molar refractivity (Wildman–Crippen MR) is 74.6 cm³/mol. The molecule has 1 aromatic rings. The summed E-state index contributed by atoms with van der Waals surface area (Å²) in [5.41, 5.74) is 0.668. The number of sulfonamides is 1. The van der Waals surface area contributed by atoms with Gasteiger partial charge in [-0.15, -0.1) is 0 Å². The average Bonchev–Trinajstić information content (AvgIpc) is 2.89. The Morgan fingerprint density at radius 2 is 2.20 bits per heavy atom. The van der Waals surface area contributed by atoms with E-state index in [1.807, 2.05) is 0 Å². The molecule has 1 aromatic heterocycles. The van der Waals surface area contributed by atoms with E-state index < -0.39 is 10.0 Å². The van der Waals surface area contributed by atoms with Gasteiger partial charge in [-0.1, -0.05) is 0 Å². The Morgan fingerprint density at radius 1 is 1.45 bits per heavy atom. The molecule has 0 saturated carbocycles. The van der Waals surface area contributed by atoms with Crippen molar-refractivity contribution in [2.75, 3.05) is 26.7 Å². The van der Waals surface area contributed by atoms with Gasteiger partial charge < -0.3 is 10.2 Å². The van der Waals surface area contributed by atoms with Crippen molar-refractivity contribution in [3.8, 4) is 0 Å². The molecular formula is C12H21N5O2S. The van der Waals surface area contributed by atoms with Crippen LogP contribution >= 0.6 is 0 Å². The topological polar surface area (TPSA) is 90.1 Å². The fraction of sp³-hybridized carbons (Fsp3) is 0.750. The molecule has 1 atom stereocenters. The van der Waals surface area contributed by atoms with Crippen LogP contribution in [0, 0.1) is 5.92 Å². The molecule has 0 aliphatic carbocycles. The summed E-state index contributed by atoms with van der Waals surface area (Å²) >= 11 is 0. The Labute approximate surface area is 119 Å². The summed E-state index contributed by atoms with van der Waals surface area (Å²) in [6.07, 6.45) is 3.72. The van der Waals surface area contributed by atoms with E-state index >= 15 is 0 Å². The molecule has 4 rings (SSSR count). The monoisotopic (exact) mass is 299 g/mol. The summed E-state index contributed by atoms with van der Waals surface area (Å²) in [5, 5.41) is 9.60. The van der Waals surface area contributed by atoms with Crippen LogP contribution < -0.4 is 10.0 Å². The Hall–Kier alpha value is -0.960. The van der Waals surface area contributed by atoms with Crippen molar-refractivity contribution >= 4 is 10.0 Å². The molecule has 3 fully saturated rings. The van der Waals surface area contributed by atoms with Gasteiger partial charge in [-0.2, -0.15) is 5.10 Å². The maximum absolute atomic E-state index is 12.5. The molecule has 0 aromatic carbocycles. The fourth-order valence-corrected chi connectivity index (χ4v) is 4.63. The molecule has 1 unspecified atom stereocenters. The lowest BCUT2D eigenvalue weighted by Crippen LogP contribution is -2.57. The fourth-order valence-electron chi connectivity index (χ4n) is 3.21. The molecule has 0 spiro atoms. The molecule has 4 heterocycles. The first kappa shape index (κ1) is 14.0. The smallest absolute Gasteiger partial charge is 0.258 e. The Morgan fingerprint density at radius 3 is 2.80 bits per heavy atom. The molecule has 0 amide bonds. The Balaban J connectivity index is 1.77. The Kier molecular flexibility index (Phi) is 3.80. The number of nitrogens with zero attached hydrogens (tertiary/aromatic N) is 2. The second-order valence-corrected chi connectivity index (χ2v) is 7.27. The highest BCUT2D eigenvalue weighted by atomic mass is 32.2. The van der Waals surface area contributed by atoms with E-state index in [0.29, 0.717) is 18.0 Å². The molecule has 3 saturated heterocycles. The maximum atomic E-state index is 12.5. The quantitative estimate of drug-likeness (QED) is 0.682. The minimum atomic E-state index is -3.53. The van der Waals surface area contributed by atoms with E-state index in [-0.39, 0.29) is 11.1 Å². The van der Waals surface area contributed by atoms with Gasteiger partial charge >= 0.3 is 0 Å². The van der Waals surface area contributed by atoms with Crippen molar-refractivity contribution < 1.29 is 8.42 Å². The van der Waals surface area contributed by atoms with Gasteiger partial charge in [0, 0.05) is 24.7 Å². The summed E-state index contributed by atoms with van der Waals surface area (Å²) in [4.78, 5) is 2.33. The lowest BCUT2D eigenvalue weighted by Gasteiger charge is -2.44. The van der Waals surface area contributed by atoms with Crippen LogP contribution in [0.2, 0.25) is 0 Å². The highest BCUT2D eigenvalue weighted by Gasteiger charge is 2.37. The van der Waals surface area contributed by atoms with E-state index in [0.717, 1.165) is 32.5 Å². The van der Waals surface area contributed by atoms with Gasteiger partial charge in [-0.05, 0) is 38.9 Å². The average molecular weight is 299 g/mol. The minimum Gasteiger partial charge on any atom is -0.316 e. The number of aromatic amines is 1. The van der Waals surface area contributed by atoms with E-state index in [1.165, 1.54) is 0 Å². The third kappa shape index (κ3) is 2.60. The highest BCUT2D eigenvalue weighted by molar-refractivity contribution is 7.89. The molecule has 8 heteroatoms. The minimum absolute atomic E-state index is 0.0215. The van der Waals surface area contributed by atoms with Crippen LogP contribution in [0.15, 0.2) is 11.2 Å². The second-order valence-electron chi connectivity index (χ2n) is 5.62. The van der Waals surface area contributed by atoms with Gasteiger partial charge in [0.2, 0.25) is 0 Å². The molecule has 2 bridgehead atoms. The molecule has 3 aliphatic heterocycles. The van der Waals surface area contributed by atoms with Crippen LogP contribution in [0.3, 0.4) is 0 Å². The van der Waals surface area contributed by atoms with Crippen LogP contribution in [0.25, 0.3) is 0 Å². The van der Waals surface area contributed by atoms with Crippen molar-refractivity contribution in [3.63, 3.8) is 0 Å². The lowest BCUT2D eigenvalue weighted by molar-refractivity contribution is 0.0826. The van der Waals surface area contributed by atoms with E-state index in [4.69, 9.17) is 0 Å². The molecule has 3 N–H and O–H groups in total. The summed E-state index contributed by atoms with van der Waals surface area (Å²) in [6, 6.07) is 0.0215. The summed E-state index contributed by atoms with van der Waals surface area (Å²) in [7, 11) is -1.74. The zero-order chi connectivity index (χ0) is 14.2. The van der Waals surface area contributed by atoms with Crippen molar-refractivity contribution in [3.05, 3.63) is 11.8 Å². The molecular weight excluding hydrogens is 278 g/mol. The van der Waals surface area contributed by atoms with Crippen molar-refractivity contribution in [1.82, 2.24) is 25.1 Å². The van der Waals surface area contributed by atoms with E-state index in [9.17, 15) is 8.42 Å². The predicted octanol–water partition coefficient (Wildman–Crippen LogP) is -0.498. The maximum Gasteiger partial charge on any atom is 0.258 e. The number of hydrogen-bond donors (Lipinski definition) is 3. The zero-order valence-electron chi connectivity index (χ0n) is 11.6. The number of H-pyrrole nitrogens is 1. The highest BCUT2D eigenvalue weighted by Crippen LogP contribution is 2.28. The van der Waals surface area contributed by atoms with Gasteiger partial charge in [0.15, 0.2) is 5.03 Å². The lowest BCUT2D eigenvalue weighted by atomic mass is 9.85. The van der Waals surface area contributed by atoms with Crippen molar-refractivity contribution in [2.45, 2.75) is 30.5 Å². The number of piperidine rings is 3. The summed E-state index contributed by atoms with van der Waals surface area (Å²) in [6.45, 7) is 3.49. The molecule has 3 aliphatic rings. The number of nitrogens with one attached hydrogen (secondary N) is 3. The van der Waals surface area contributed by atoms with Gasteiger partial charge in [-0.3, -0.25) is 5.10 Å². The molecule has 7 nitrogen and oxygen atoms in total. The number of rotatable bonds is 5. The Bertz CT molecular complexity index is 562. The standard InChI is InChI=1S/C12H21N5O2S/c1-13-6-10-7-14-15-12(10)20(18,19)16-11-8-17-4-2-9(11)3-5-17/h7,9,11,13,16H,2-6,8H2,1H3,(H,14,15). The van der Waals surface area contributed by atoms with Crippen LogP contribution in [-0.2, 0) is 16.6 Å². The number of fused-ring (bicyclic) bond motifs is 3. The zero-order valence-corrected chi connectivity index (χ0v) is 12.4. The van der Waals surface area contributed by atoms with Crippen LogP contribution in [0.5, 0.6) is 0 Å². The van der Waals surface area contributed by atoms with E-state index in [1.54, 1.807) is 13.2 Å². The molecule has 0 radical (unpaired) electrons. The van der Waals surface area contributed by atoms with Gasteiger partial charge in [0.1, 0.15) is 0 Å². The first-order valence-electron chi connectivity index (χ1n) is 7.01. The third-order valence-corrected chi connectivity index (χ3v) is 5.78. The first-order chi connectivity index (χ1) is 9.60. The van der Waals surface area contributed by atoms with Crippen molar-refractivity contribution in [1.29, 1.82) is 0 Å². The number of aromatic nitrogens is 2. The SMILES string of the molecule is CNCc1cn[nH]c1S(=O)(=O)NC1CN2CCC1CC2. The molecule has 112 valence electrons. The normalized spacial score (nSPS) is 29.8. The molecule has 20 heavy (non-hydrogen) atoms. The van der Waals surface area contributed by atoms with Crippen LogP contribution in [-0.4, -0.2) is 56.2 Å². The van der Waals surface area contributed by atoms with Gasteiger partial charge in [-0.25, -0.2) is 13.1 Å². The van der Waals surface area contributed by atoms with Gasteiger partial charge in [0.25, 0.3) is 10.0 Å². The van der Waals surface area contributed by atoms with Gasteiger partial charge in [0.05, 0.1) is 6.20 Å². The second kappa shape index (κ2) is 5.44. The first-order valence-corrected chi connectivity index (χ1v) is 8.50. The largest absolute Gasteiger partial charge is 0.316 e. The van der Waals surface area contributed by atoms with Crippen LogP contribution in [0.4, 0.5) is 0 Å². The van der Waals surface area contributed by atoms with E-state index in [2.05, 4.69) is 25.1 Å². The summed E-state index contributed by atoms with van der Waals surface area (Å²) < 4.78 is 27.9. The van der Waals surface area contributed by atoms with Crippen LogP contribution in [0.1, 0.15) is 18.4 Å². The number of hydrogen-bond acceptors (Lipinski definition) is 5. The summed E-state index contributed by atoms with van der Waals surface area (Å²) in [5.74, 6) is 0.463. The van der Waals surface area contributed by atoms with Crippen molar-refractivity contribution in [2.24, 2.45) is 5.92 Å². The third-order valence-electron chi connectivity index (χ3n) is 4.28.